The van der Waals surface area contributed by atoms with Crippen LogP contribution in [0.4, 0.5) is 0 Å². The minimum atomic E-state index is 0.164. The van der Waals surface area contributed by atoms with Gasteiger partial charge in [0.2, 0.25) is 5.91 Å². The third-order valence-electron chi connectivity index (χ3n) is 3.00. The van der Waals surface area contributed by atoms with Gasteiger partial charge in [0, 0.05) is 19.6 Å². The first kappa shape index (κ1) is 14.4. The molecule has 0 fully saturated rings. The molecule has 90 valence electrons. The van der Waals surface area contributed by atoms with Crippen molar-refractivity contribution >= 4 is 5.91 Å². The molecule has 0 aromatic carbocycles. The van der Waals surface area contributed by atoms with Gasteiger partial charge in [-0.2, -0.15) is 0 Å². The maximum atomic E-state index is 11.6. The fourth-order valence-corrected chi connectivity index (χ4v) is 1.05. The predicted octanol–water partition coefficient (Wildman–Crippen LogP) is 1.88. The SMILES string of the molecule is CCC(C)(C)CNCC(=O)N(C)C(C)C. The van der Waals surface area contributed by atoms with Crippen LogP contribution >= 0.6 is 0 Å². The van der Waals surface area contributed by atoms with Crippen molar-refractivity contribution in [2.75, 3.05) is 20.1 Å². The van der Waals surface area contributed by atoms with E-state index in [9.17, 15) is 4.79 Å². The minimum Gasteiger partial charge on any atom is -0.342 e. The summed E-state index contributed by atoms with van der Waals surface area (Å²) in [5, 5.41) is 3.22. The van der Waals surface area contributed by atoms with Crippen molar-refractivity contribution in [2.45, 2.75) is 47.1 Å². The van der Waals surface area contributed by atoms with E-state index in [4.69, 9.17) is 0 Å². The second-order valence-electron chi connectivity index (χ2n) is 5.22. The van der Waals surface area contributed by atoms with Crippen molar-refractivity contribution in [3.05, 3.63) is 0 Å². The molecule has 0 atom stereocenters. The summed E-state index contributed by atoms with van der Waals surface area (Å²) >= 11 is 0. The van der Waals surface area contributed by atoms with E-state index < -0.39 is 0 Å². The lowest BCUT2D eigenvalue weighted by Gasteiger charge is -2.25. The normalized spacial score (nSPS) is 11.9. The number of likely N-dealkylation sites (N-methyl/N-ethyl adjacent to an activating group) is 1. The zero-order chi connectivity index (χ0) is 12.1. The van der Waals surface area contributed by atoms with Gasteiger partial charge in [-0.05, 0) is 25.7 Å². The van der Waals surface area contributed by atoms with Crippen LogP contribution in [-0.4, -0.2) is 37.0 Å². The first-order valence-corrected chi connectivity index (χ1v) is 5.76. The molecule has 0 heterocycles. The number of nitrogens with zero attached hydrogens (tertiary/aromatic N) is 1. The molecule has 0 aromatic rings. The standard InChI is InChI=1S/C12H26N2O/c1-7-12(4,5)9-13-8-11(15)14(6)10(2)3/h10,13H,7-9H2,1-6H3. The number of carbonyl (C=O) groups is 1. The van der Waals surface area contributed by atoms with Crippen LogP contribution in [0, 0.1) is 5.41 Å². The van der Waals surface area contributed by atoms with Crippen molar-refractivity contribution in [2.24, 2.45) is 5.41 Å². The molecule has 0 saturated heterocycles. The molecule has 1 amide bonds. The Morgan fingerprint density at radius 3 is 2.33 bits per heavy atom. The molecule has 0 spiro atoms. The molecule has 0 saturated carbocycles. The largest absolute Gasteiger partial charge is 0.342 e. The molecule has 3 nitrogen and oxygen atoms in total. The van der Waals surface area contributed by atoms with Gasteiger partial charge in [-0.15, -0.1) is 0 Å². The van der Waals surface area contributed by atoms with Crippen LogP contribution in [0.2, 0.25) is 0 Å². The van der Waals surface area contributed by atoms with Gasteiger partial charge in [-0.3, -0.25) is 4.79 Å². The summed E-state index contributed by atoms with van der Waals surface area (Å²) in [6.07, 6.45) is 1.12. The Morgan fingerprint density at radius 2 is 1.93 bits per heavy atom. The molecular weight excluding hydrogens is 188 g/mol. The summed E-state index contributed by atoms with van der Waals surface area (Å²) in [5.74, 6) is 0.164. The molecule has 0 bridgehead atoms. The maximum absolute atomic E-state index is 11.6. The van der Waals surface area contributed by atoms with Crippen LogP contribution in [0.3, 0.4) is 0 Å². The minimum absolute atomic E-state index is 0.164. The second kappa shape index (κ2) is 6.11. The zero-order valence-corrected chi connectivity index (χ0v) is 11.1. The quantitative estimate of drug-likeness (QED) is 0.732. The van der Waals surface area contributed by atoms with E-state index in [1.54, 1.807) is 4.90 Å². The first-order chi connectivity index (χ1) is 6.80. The maximum Gasteiger partial charge on any atom is 0.236 e. The van der Waals surface area contributed by atoms with Crippen molar-refractivity contribution in [1.29, 1.82) is 0 Å². The highest BCUT2D eigenvalue weighted by molar-refractivity contribution is 5.78. The zero-order valence-electron chi connectivity index (χ0n) is 11.1. The summed E-state index contributed by atoms with van der Waals surface area (Å²) in [5.41, 5.74) is 0.274. The fraction of sp³-hybridized carbons (Fsp3) is 0.917. The summed E-state index contributed by atoms with van der Waals surface area (Å²) < 4.78 is 0. The molecule has 0 aliphatic rings. The lowest BCUT2D eigenvalue weighted by atomic mass is 9.90. The van der Waals surface area contributed by atoms with Gasteiger partial charge in [-0.1, -0.05) is 20.8 Å². The van der Waals surface area contributed by atoms with Crippen LogP contribution in [0.25, 0.3) is 0 Å². The van der Waals surface area contributed by atoms with E-state index in [-0.39, 0.29) is 17.4 Å². The lowest BCUT2D eigenvalue weighted by Crippen LogP contribution is -2.41. The molecule has 0 aliphatic carbocycles. The van der Waals surface area contributed by atoms with E-state index in [2.05, 4.69) is 26.1 Å². The summed E-state index contributed by atoms with van der Waals surface area (Å²) in [7, 11) is 1.85. The molecule has 15 heavy (non-hydrogen) atoms. The van der Waals surface area contributed by atoms with Crippen LogP contribution in [-0.2, 0) is 4.79 Å². The van der Waals surface area contributed by atoms with Gasteiger partial charge < -0.3 is 10.2 Å². The van der Waals surface area contributed by atoms with Crippen molar-refractivity contribution in [3.8, 4) is 0 Å². The van der Waals surface area contributed by atoms with E-state index >= 15 is 0 Å². The molecule has 0 aromatic heterocycles. The van der Waals surface area contributed by atoms with Gasteiger partial charge in [0.05, 0.1) is 6.54 Å². The van der Waals surface area contributed by atoms with Gasteiger partial charge in [0.25, 0.3) is 0 Å². The van der Waals surface area contributed by atoms with Gasteiger partial charge in [-0.25, -0.2) is 0 Å². The van der Waals surface area contributed by atoms with E-state index in [0.717, 1.165) is 13.0 Å². The number of rotatable bonds is 6. The molecule has 3 heteroatoms. The Hall–Kier alpha value is -0.570. The monoisotopic (exact) mass is 214 g/mol. The van der Waals surface area contributed by atoms with Crippen LogP contribution in [0.1, 0.15) is 41.0 Å². The van der Waals surface area contributed by atoms with Gasteiger partial charge in [0.1, 0.15) is 0 Å². The van der Waals surface area contributed by atoms with Crippen molar-refractivity contribution in [3.63, 3.8) is 0 Å². The van der Waals surface area contributed by atoms with Gasteiger partial charge >= 0.3 is 0 Å². The lowest BCUT2D eigenvalue weighted by molar-refractivity contribution is -0.130. The van der Waals surface area contributed by atoms with E-state index in [1.165, 1.54) is 0 Å². The Labute approximate surface area is 94.2 Å². The molecule has 0 aliphatic heterocycles. The fourth-order valence-electron chi connectivity index (χ4n) is 1.05. The summed E-state index contributed by atoms with van der Waals surface area (Å²) in [6.45, 7) is 12.0. The Balaban J connectivity index is 3.83. The molecule has 0 rings (SSSR count). The third kappa shape index (κ3) is 5.78. The van der Waals surface area contributed by atoms with Gasteiger partial charge in [0.15, 0.2) is 0 Å². The molecule has 0 radical (unpaired) electrons. The Bertz CT molecular complexity index is 200. The number of carbonyl (C=O) groups excluding carboxylic acids is 1. The van der Waals surface area contributed by atoms with E-state index in [1.807, 2.05) is 20.9 Å². The first-order valence-electron chi connectivity index (χ1n) is 5.76. The molecular formula is C12H26N2O. The number of amides is 1. The summed E-state index contributed by atoms with van der Waals surface area (Å²) in [4.78, 5) is 13.4. The van der Waals surface area contributed by atoms with Crippen LogP contribution < -0.4 is 5.32 Å². The average molecular weight is 214 g/mol. The average Bonchev–Trinajstić information content (AvgIpc) is 2.16. The Morgan fingerprint density at radius 1 is 1.40 bits per heavy atom. The molecule has 1 N–H and O–H groups in total. The number of hydrogen-bond donors (Lipinski definition) is 1. The van der Waals surface area contributed by atoms with E-state index in [0.29, 0.717) is 6.54 Å². The van der Waals surface area contributed by atoms with Crippen LogP contribution in [0.15, 0.2) is 0 Å². The predicted molar refractivity (Wildman–Crippen MR) is 64.8 cm³/mol. The van der Waals surface area contributed by atoms with Crippen molar-refractivity contribution in [1.82, 2.24) is 10.2 Å². The van der Waals surface area contributed by atoms with Crippen LogP contribution in [0.5, 0.6) is 0 Å². The molecule has 0 unspecified atom stereocenters. The summed E-state index contributed by atoms with van der Waals surface area (Å²) in [6, 6.07) is 0.276. The third-order valence-corrected chi connectivity index (χ3v) is 3.00. The number of nitrogens with one attached hydrogen (secondary N) is 1. The Kier molecular flexibility index (Phi) is 5.88. The smallest absolute Gasteiger partial charge is 0.236 e. The van der Waals surface area contributed by atoms with Crippen molar-refractivity contribution < 1.29 is 4.79 Å². The highest BCUT2D eigenvalue weighted by Crippen LogP contribution is 2.17. The topological polar surface area (TPSA) is 32.3 Å². The highest BCUT2D eigenvalue weighted by atomic mass is 16.2. The highest BCUT2D eigenvalue weighted by Gasteiger charge is 2.16. The number of hydrogen-bond acceptors (Lipinski definition) is 2. The second-order valence-corrected chi connectivity index (χ2v) is 5.22.